The first-order valence-corrected chi connectivity index (χ1v) is 8.57. The van der Waals surface area contributed by atoms with Crippen LogP contribution in [0.2, 0.25) is 0 Å². The third-order valence-corrected chi connectivity index (χ3v) is 6.37. The summed E-state index contributed by atoms with van der Waals surface area (Å²) in [6.45, 7) is 0.976. The molecule has 0 unspecified atom stereocenters. The molecule has 5 aliphatic carbocycles. The van der Waals surface area contributed by atoms with Crippen LogP contribution in [0.25, 0.3) is 0 Å². The van der Waals surface area contributed by atoms with Gasteiger partial charge in [-0.15, -0.1) is 0 Å². The van der Waals surface area contributed by atoms with E-state index in [0.717, 1.165) is 30.3 Å². The molecule has 3 heteroatoms. The maximum Gasteiger partial charge on any atom is 0.0687 e. The first kappa shape index (κ1) is 11.8. The van der Waals surface area contributed by atoms with E-state index < -0.39 is 0 Å². The summed E-state index contributed by atoms with van der Waals surface area (Å²) in [5.74, 6) is 3.02. The normalized spacial score (nSPS) is 42.3. The molecule has 1 aromatic heterocycles. The van der Waals surface area contributed by atoms with Crippen LogP contribution < -0.4 is 5.32 Å². The predicted molar refractivity (Wildman–Crippen MR) is 78.3 cm³/mol. The van der Waals surface area contributed by atoms with Crippen LogP contribution >= 0.6 is 0 Å². The largest absolute Gasteiger partial charge is 0.308 e. The maximum atomic E-state index is 4.74. The molecule has 1 heterocycles. The number of nitrogens with zero attached hydrogens (tertiary/aromatic N) is 1. The molecule has 0 atom stereocenters. The molecule has 6 rings (SSSR count). The average Bonchev–Trinajstić information content (AvgIpc) is 3.11. The van der Waals surface area contributed by atoms with Crippen LogP contribution in [0.1, 0.15) is 62.8 Å². The Bertz CT molecular complexity index is 479. The third-order valence-electron chi connectivity index (χ3n) is 6.37. The zero-order valence-corrected chi connectivity index (χ0v) is 12.2. The van der Waals surface area contributed by atoms with Gasteiger partial charge in [0, 0.05) is 23.7 Å². The Morgan fingerprint density at radius 1 is 1.10 bits per heavy atom. The van der Waals surface area contributed by atoms with Gasteiger partial charge >= 0.3 is 0 Å². The molecule has 20 heavy (non-hydrogen) atoms. The number of H-pyrrole nitrogens is 1. The molecule has 0 aliphatic heterocycles. The molecular weight excluding hydrogens is 246 g/mol. The van der Waals surface area contributed by atoms with Gasteiger partial charge in [0.1, 0.15) is 0 Å². The lowest BCUT2D eigenvalue weighted by atomic mass is 9.49. The van der Waals surface area contributed by atoms with Crippen molar-refractivity contribution in [3.05, 3.63) is 17.5 Å². The highest BCUT2D eigenvalue weighted by molar-refractivity contribution is 5.24. The van der Waals surface area contributed by atoms with Crippen LogP contribution in [0, 0.1) is 17.8 Å². The summed E-state index contributed by atoms with van der Waals surface area (Å²) in [7, 11) is 0. The number of aromatic nitrogens is 2. The number of rotatable bonds is 4. The molecule has 3 nitrogen and oxygen atoms in total. The van der Waals surface area contributed by atoms with Crippen LogP contribution in [0.5, 0.6) is 0 Å². The van der Waals surface area contributed by atoms with Gasteiger partial charge < -0.3 is 5.32 Å². The van der Waals surface area contributed by atoms with Crippen LogP contribution in [-0.4, -0.2) is 16.2 Å². The first-order chi connectivity index (χ1) is 9.79. The van der Waals surface area contributed by atoms with Crippen molar-refractivity contribution in [3.8, 4) is 0 Å². The number of aromatic amines is 1. The highest BCUT2D eigenvalue weighted by Gasteiger charge is 2.52. The molecule has 4 bridgehead atoms. The fourth-order valence-corrected chi connectivity index (χ4v) is 5.69. The van der Waals surface area contributed by atoms with E-state index in [1.807, 2.05) is 0 Å². The topological polar surface area (TPSA) is 40.7 Å². The minimum Gasteiger partial charge on any atom is -0.308 e. The van der Waals surface area contributed by atoms with Crippen LogP contribution in [0.3, 0.4) is 0 Å². The third kappa shape index (κ3) is 1.86. The molecule has 5 saturated carbocycles. The zero-order chi connectivity index (χ0) is 13.2. The quantitative estimate of drug-likeness (QED) is 0.883. The van der Waals surface area contributed by atoms with Crippen LogP contribution in [0.4, 0.5) is 0 Å². The van der Waals surface area contributed by atoms with E-state index in [9.17, 15) is 0 Å². The van der Waals surface area contributed by atoms with E-state index >= 15 is 0 Å². The fourth-order valence-electron chi connectivity index (χ4n) is 5.69. The SMILES string of the molecule is c1c(C23CC4CC(CC(C4)C2)C3)n[nH]c1CNC1CC1. The Morgan fingerprint density at radius 2 is 1.75 bits per heavy atom. The van der Waals surface area contributed by atoms with Gasteiger partial charge in [-0.1, -0.05) is 0 Å². The Morgan fingerprint density at radius 3 is 2.35 bits per heavy atom. The second-order valence-corrected chi connectivity index (χ2v) is 8.13. The van der Waals surface area contributed by atoms with E-state index in [2.05, 4.69) is 16.5 Å². The predicted octanol–water partition coefficient (Wildman–Crippen LogP) is 3.13. The smallest absolute Gasteiger partial charge is 0.0687 e. The van der Waals surface area contributed by atoms with Gasteiger partial charge in [-0.05, 0) is 75.2 Å². The highest BCUT2D eigenvalue weighted by Crippen LogP contribution is 2.60. The summed E-state index contributed by atoms with van der Waals surface area (Å²) < 4.78 is 0. The molecular formula is C17H25N3. The summed E-state index contributed by atoms with van der Waals surface area (Å²) in [6.07, 6.45) is 11.5. The minimum atomic E-state index is 0.448. The monoisotopic (exact) mass is 271 g/mol. The molecule has 0 radical (unpaired) electrons. The maximum absolute atomic E-state index is 4.74. The van der Waals surface area contributed by atoms with E-state index in [0.29, 0.717) is 5.41 Å². The standard InChI is InChI=1S/C17H25N3/c1-2-14(1)18-10-15-6-16(20-19-15)17-7-11-3-12(8-17)5-13(4-11)9-17/h6,11-14,18H,1-5,7-10H2,(H,19,20). The van der Waals surface area contributed by atoms with E-state index in [-0.39, 0.29) is 0 Å². The highest BCUT2D eigenvalue weighted by atomic mass is 15.1. The number of hydrogen-bond donors (Lipinski definition) is 2. The lowest BCUT2D eigenvalue weighted by Gasteiger charge is -2.56. The Kier molecular flexibility index (Phi) is 2.41. The summed E-state index contributed by atoms with van der Waals surface area (Å²) in [5, 5.41) is 11.6. The molecule has 1 aromatic rings. The first-order valence-electron chi connectivity index (χ1n) is 8.57. The zero-order valence-electron chi connectivity index (χ0n) is 12.2. The van der Waals surface area contributed by atoms with E-state index in [1.54, 1.807) is 0 Å². The summed E-state index contributed by atoms with van der Waals surface area (Å²) >= 11 is 0. The molecule has 108 valence electrons. The van der Waals surface area contributed by atoms with Crippen molar-refractivity contribution >= 4 is 0 Å². The van der Waals surface area contributed by atoms with E-state index in [1.165, 1.54) is 62.8 Å². The van der Waals surface area contributed by atoms with Crippen LogP contribution in [-0.2, 0) is 12.0 Å². The summed E-state index contributed by atoms with van der Waals surface area (Å²) in [6, 6.07) is 3.16. The van der Waals surface area contributed by atoms with Crippen molar-refractivity contribution in [2.45, 2.75) is 69.4 Å². The lowest BCUT2D eigenvalue weighted by molar-refractivity contribution is -0.00722. The van der Waals surface area contributed by atoms with Gasteiger partial charge in [-0.3, -0.25) is 5.10 Å². The number of nitrogens with one attached hydrogen (secondary N) is 2. The molecule has 0 saturated heterocycles. The summed E-state index contributed by atoms with van der Waals surface area (Å²) in [4.78, 5) is 0. The summed E-state index contributed by atoms with van der Waals surface area (Å²) in [5.41, 5.74) is 3.13. The Balaban J connectivity index is 1.38. The van der Waals surface area contributed by atoms with Gasteiger partial charge in [-0.2, -0.15) is 5.10 Å². The molecule has 0 aromatic carbocycles. The Labute approximate surface area is 120 Å². The van der Waals surface area contributed by atoms with Gasteiger partial charge in [0.05, 0.1) is 5.69 Å². The molecule has 5 fully saturated rings. The Hall–Kier alpha value is -0.830. The van der Waals surface area contributed by atoms with Gasteiger partial charge in [0.15, 0.2) is 0 Å². The average molecular weight is 271 g/mol. The molecule has 2 N–H and O–H groups in total. The van der Waals surface area contributed by atoms with Crippen molar-refractivity contribution in [1.82, 2.24) is 15.5 Å². The van der Waals surface area contributed by atoms with Crippen molar-refractivity contribution in [2.75, 3.05) is 0 Å². The molecule has 0 amide bonds. The van der Waals surface area contributed by atoms with E-state index in [4.69, 9.17) is 5.10 Å². The van der Waals surface area contributed by atoms with Crippen molar-refractivity contribution in [1.29, 1.82) is 0 Å². The van der Waals surface area contributed by atoms with Crippen molar-refractivity contribution < 1.29 is 0 Å². The second-order valence-electron chi connectivity index (χ2n) is 8.13. The molecule has 0 spiro atoms. The fraction of sp³-hybridized carbons (Fsp3) is 0.824. The minimum absolute atomic E-state index is 0.448. The van der Waals surface area contributed by atoms with Gasteiger partial charge in [0.25, 0.3) is 0 Å². The van der Waals surface area contributed by atoms with Crippen molar-refractivity contribution in [2.24, 2.45) is 17.8 Å². The lowest BCUT2D eigenvalue weighted by Crippen LogP contribution is -2.48. The molecule has 5 aliphatic rings. The number of hydrogen-bond acceptors (Lipinski definition) is 2. The van der Waals surface area contributed by atoms with Crippen LogP contribution in [0.15, 0.2) is 6.07 Å². The van der Waals surface area contributed by atoms with Crippen molar-refractivity contribution in [3.63, 3.8) is 0 Å². The second kappa shape index (κ2) is 4.09. The van der Waals surface area contributed by atoms with Gasteiger partial charge in [-0.25, -0.2) is 0 Å². The van der Waals surface area contributed by atoms with Gasteiger partial charge in [0.2, 0.25) is 0 Å².